The Hall–Kier alpha value is -4.25. The molecule has 2 aromatic carbocycles. The predicted octanol–water partition coefficient (Wildman–Crippen LogP) is 5.45. The number of ether oxygens (including phenoxy) is 2. The van der Waals surface area contributed by atoms with Crippen molar-refractivity contribution < 1.29 is 23.9 Å². The van der Waals surface area contributed by atoms with Crippen LogP contribution in [0.4, 0.5) is 5.69 Å². The van der Waals surface area contributed by atoms with Crippen molar-refractivity contribution in [3.63, 3.8) is 0 Å². The van der Waals surface area contributed by atoms with Gasteiger partial charge in [0.25, 0.3) is 5.91 Å². The predicted molar refractivity (Wildman–Crippen MR) is 164 cm³/mol. The zero-order valence-electron chi connectivity index (χ0n) is 23.8. The first-order valence-corrected chi connectivity index (χ1v) is 14.3. The Morgan fingerprint density at radius 2 is 1.91 bits per heavy atom. The summed E-state index contributed by atoms with van der Waals surface area (Å²) in [6.45, 7) is 3.49. The topological polar surface area (TPSA) is 116 Å². The first kappa shape index (κ1) is 30.2. The van der Waals surface area contributed by atoms with Gasteiger partial charge in [0, 0.05) is 55.1 Å². The molecule has 0 aliphatic carbocycles. The third-order valence-corrected chi connectivity index (χ3v) is 8.05. The summed E-state index contributed by atoms with van der Waals surface area (Å²) in [5.74, 6) is -0.0669. The van der Waals surface area contributed by atoms with Gasteiger partial charge in [-0.25, -0.2) is 4.98 Å². The smallest absolute Gasteiger partial charge is 0.319 e. The number of aldehydes is 1. The number of nitrogens with one attached hydrogen (secondary N) is 1. The maximum absolute atomic E-state index is 13.4. The summed E-state index contributed by atoms with van der Waals surface area (Å²) in [7, 11) is 3.15. The van der Waals surface area contributed by atoms with Crippen molar-refractivity contribution in [3.05, 3.63) is 81.5 Å². The molecule has 1 aliphatic heterocycles. The maximum atomic E-state index is 13.4. The lowest BCUT2D eigenvalue weighted by Gasteiger charge is -2.25. The van der Waals surface area contributed by atoms with Crippen molar-refractivity contribution >= 4 is 47.1 Å². The fraction of sp³-hybridized carbons (Fsp3) is 0.258. The molecule has 0 saturated heterocycles. The minimum absolute atomic E-state index is 0.160. The van der Waals surface area contributed by atoms with Gasteiger partial charge < -0.3 is 19.4 Å². The van der Waals surface area contributed by atoms with E-state index in [2.05, 4.69) is 15.3 Å². The Morgan fingerprint density at radius 1 is 1.12 bits per heavy atom. The third-order valence-electron chi connectivity index (χ3n) is 7.26. The largest absolute Gasteiger partial charge is 0.493 e. The fourth-order valence-electron chi connectivity index (χ4n) is 5.09. The lowest BCUT2D eigenvalue weighted by Crippen LogP contribution is -2.35. The molecule has 43 heavy (non-hydrogen) atoms. The number of hydrogen-bond acceptors (Lipinski definition) is 8. The number of methoxy groups -OCH3 is 1. The highest BCUT2D eigenvalue weighted by molar-refractivity contribution is 6.39. The zero-order chi connectivity index (χ0) is 30.7. The number of carbonyl (C=O) groups is 3. The Balaban J connectivity index is 1.42. The van der Waals surface area contributed by atoms with Crippen molar-refractivity contribution in [1.29, 1.82) is 0 Å². The second-order valence-electron chi connectivity index (χ2n) is 9.87. The van der Waals surface area contributed by atoms with Gasteiger partial charge in [-0.15, -0.1) is 0 Å². The van der Waals surface area contributed by atoms with Gasteiger partial charge in [-0.1, -0.05) is 41.4 Å². The van der Waals surface area contributed by atoms with Crippen LogP contribution >= 0.6 is 23.2 Å². The number of amides is 1. The van der Waals surface area contributed by atoms with E-state index in [1.165, 1.54) is 7.11 Å². The Morgan fingerprint density at radius 3 is 2.65 bits per heavy atom. The summed E-state index contributed by atoms with van der Waals surface area (Å²) < 4.78 is 12.2. The molecule has 0 atom stereocenters. The van der Waals surface area contributed by atoms with Crippen LogP contribution in [-0.2, 0) is 29.5 Å². The van der Waals surface area contributed by atoms with E-state index in [1.807, 2.05) is 11.8 Å². The van der Waals surface area contributed by atoms with Gasteiger partial charge in [0.05, 0.1) is 52.9 Å². The molecule has 3 heterocycles. The Labute approximate surface area is 258 Å². The van der Waals surface area contributed by atoms with Crippen molar-refractivity contribution in [2.24, 2.45) is 7.05 Å². The minimum Gasteiger partial charge on any atom is -0.493 e. The van der Waals surface area contributed by atoms with Gasteiger partial charge in [0.15, 0.2) is 12.1 Å². The van der Waals surface area contributed by atoms with Crippen LogP contribution in [0.3, 0.4) is 0 Å². The average molecular weight is 623 g/mol. The normalized spacial score (nSPS) is 12.9. The number of esters is 1. The number of rotatable bonds is 9. The van der Waals surface area contributed by atoms with E-state index in [-0.39, 0.29) is 18.3 Å². The second kappa shape index (κ2) is 12.9. The standard InChI is InChI=1S/C31H29Cl2N5O5/c1-4-43-25-14-18(8-9-19(25)17-39)29-28(33)21(10-12-34-29)20-6-5-7-22(27(20)32)36-31(41)30-35-23-15-38(16-26(40)42-3)13-11-24(23)37(30)2/h5-10,12,14,17H,4,11,13,15-16H2,1-3H3,(H,36,41). The number of nitrogens with zero attached hydrogens (tertiary/aromatic N) is 4. The van der Waals surface area contributed by atoms with Crippen LogP contribution in [0.2, 0.25) is 10.0 Å². The molecule has 0 saturated carbocycles. The molecule has 1 N–H and O–H groups in total. The van der Waals surface area contributed by atoms with Crippen molar-refractivity contribution in [1.82, 2.24) is 19.4 Å². The molecule has 1 amide bonds. The van der Waals surface area contributed by atoms with Crippen LogP contribution in [0.1, 0.15) is 39.3 Å². The van der Waals surface area contributed by atoms with Gasteiger partial charge >= 0.3 is 5.97 Å². The van der Waals surface area contributed by atoms with E-state index in [9.17, 15) is 14.4 Å². The van der Waals surface area contributed by atoms with Crippen LogP contribution in [0.5, 0.6) is 5.75 Å². The van der Waals surface area contributed by atoms with Crippen LogP contribution in [0, 0.1) is 0 Å². The van der Waals surface area contributed by atoms with Crippen LogP contribution < -0.4 is 10.1 Å². The molecule has 0 fully saturated rings. The average Bonchev–Trinajstić information content (AvgIpc) is 3.34. The summed E-state index contributed by atoms with van der Waals surface area (Å²) >= 11 is 13.7. The number of anilines is 1. The summed E-state index contributed by atoms with van der Waals surface area (Å²) in [6, 6.07) is 12.2. The first-order chi connectivity index (χ1) is 20.7. The van der Waals surface area contributed by atoms with E-state index in [0.717, 1.165) is 17.7 Å². The van der Waals surface area contributed by atoms with Crippen molar-refractivity contribution in [2.75, 3.05) is 32.1 Å². The third kappa shape index (κ3) is 6.13. The second-order valence-corrected chi connectivity index (χ2v) is 10.6. The molecule has 5 rings (SSSR count). The molecular weight excluding hydrogens is 593 g/mol. The highest BCUT2D eigenvalue weighted by Crippen LogP contribution is 2.41. The first-order valence-electron chi connectivity index (χ1n) is 13.6. The van der Waals surface area contributed by atoms with Gasteiger partial charge in [0.2, 0.25) is 0 Å². The monoisotopic (exact) mass is 621 g/mol. The minimum atomic E-state index is -0.421. The van der Waals surface area contributed by atoms with Gasteiger partial charge in [-0.3, -0.25) is 24.3 Å². The Kier molecular flexibility index (Phi) is 9.10. The van der Waals surface area contributed by atoms with Gasteiger partial charge in [0.1, 0.15) is 5.75 Å². The molecule has 4 aromatic rings. The van der Waals surface area contributed by atoms with Crippen LogP contribution in [0.25, 0.3) is 22.4 Å². The number of aromatic nitrogens is 3. The number of benzene rings is 2. The van der Waals surface area contributed by atoms with E-state index in [1.54, 1.807) is 60.3 Å². The summed E-state index contributed by atoms with van der Waals surface area (Å²) in [5.41, 5.74) is 4.87. The highest BCUT2D eigenvalue weighted by Gasteiger charge is 2.27. The van der Waals surface area contributed by atoms with Crippen LogP contribution in [0.15, 0.2) is 48.7 Å². The number of carbonyl (C=O) groups excluding carboxylic acids is 3. The quantitative estimate of drug-likeness (QED) is 0.194. The molecule has 10 nitrogen and oxygen atoms in total. The SMILES string of the molecule is CCOc1cc(-c2nccc(-c3cccc(NC(=O)c4nc5c(n4C)CCN(CC(=O)OC)C5)c3Cl)c2Cl)ccc1C=O. The molecule has 1 aliphatic rings. The molecule has 12 heteroatoms. The van der Waals surface area contributed by atoms with E-state index in [0.29, 0.717) is 75.5 Å². The number of imidazole rings is 1. The number of pyridine rings is 1. The lowest BCUT2D eigenvalue weighted by molar-refractivity contribution is -0.142. The molecule has 2 aromatic heterocycles. The fourth-order valence-corrected chi connectivity index (χ4v) is 5.69. The van der Waals surface area contributed by atoms with Gasteiger partial charge in [-0.05, 0) is 31.2 Å². The molecular formula is C31H29Cl2N5O5. The molecule has 0 spiro atoms. The summed E-state index contributed by atoms with van der Waals surface area (Å²) in [6.07, 6.45) is 3.00. The van der Waals surface area contributed by atoms with Crippen molar-refractivity contribution in [3.8, 4) is 28.1 Å². The maximum Gasteiger partial charge on any atom is 0.319 e. The lowest BCUT2D eigenvalue weighted by atomic mass is 10.0. The van der Waals surface area contributed by atoms with Gasteiger partial charge in [-0.2, -0.15) is 0 Å². The molecule has 222 valence electrons. The van der Waals surface area contributed by atoms with E-state index < -0.39 is 5.91 Å². The van der Waals surface area contributed by atoms with Crippen molar-refractivity contribution in [2.45, 2.75) is 19.9 Å². The number of hydrogen-bond donors (Lipinski definition) is 1. The number of fused-ring (bicyclic) bond motifs is 1. The highest BCUT2D eigenvalue weighted by atomic mass is 35.5. The summed E-state index contributed by atoms with van der Waals surface area (Å²) in [5, 5.41) is 3.53. The Bertz CT molecular complexity index is 1720. The molecule has 0 unspecified atom stereocenters. The number of halogens is 2. The zero-order valence-corrected chi connectivity index (χ0v) is 25.3. The van der Waals surface area contributed by atoms with E-state index in [4.69, 9.17) is 32.7 Å². The van der Waals surface area contributed by atoms with E-state index >= 15 is 0 Å². The van der Waals surface area contributed by atoms with Crippen LogP contribution in [-0.4, -0.2) is 64.4 Å². The summed E-state index contributed by atoms with van der Waals surface area (Å²) in [4.78, 5) is 47.5. The molecule has 0 bridgehead atoms. The molecule has 0 radical (unpaired) electrons.